The van der Waals surface area contributed by atoms with Gasteiger partial charge in [-0.05, 0) is 13.0 Å². The highest BCUT2D eigenvalue weighted by molar-refractivity contribution is 5.59. The SMILES string of the molecule is COc1c(C[C]=O)ccc(F)c1C. The van der Waals surface area contributed by atoms with E-state index in [0.717, 1.165) is 0 Å². The molecule has 0 saturated heterocycles. The highest BCUT2D eigenvalue weighted by Gasteiger charge is 2.09. The third-order valence-electron chi connectivity index (χ3n) is 1.89. The molecule has 0 saturated carbocycles. The second-order valence-electron chi connectivity index (χ2n) is 2.69. The molecule has 1 aromatic carbocycles. The van der Waals surface area contributed by atoms with Crippen LogP contribution in [0.1, 0.15) is 11.1 Å². The normalized spacial score (nSPS) is 9.77. The van der Waals surface area contributed by atoms with Gasteiger partial charge in [0.15, 0.2) is 0 Å². The lowest BCUT2D eigenvalue weighted by Gasteiger charge is -2.09. The summed E-state index contributed by atoms with van der Waals surface area (Å²) in [6, 6.07) is 2.86. The predicted octanol–water partition coefficient (Wildman–Crippen LogP) is 1.79. The Balaban J connectivity index is 3.20. The van der Waals surface area contributed by atoms with Crippen molar-refractivity contribution in [2.24, 2.45) is 0 Å². The fourth-order valence-corrected chi connectivity index (χ4v) is 1.22. The van der Waals surface area contributed by atoms with Crippen molar-refractivity contribution in [3.05, 3.63) is 29.1 Å². The zero-order chi connectivity index (χ0) is 9.84. The van der Waals surface area contributed by atoms with Crippen LogP contribution in [0.4, 0.5) is 4.39 Å². The summed E-state index contributed by atoms with van der Waals surface area (Å²) in [5, 5.41) is 0. The van der Waals surface area contributed by atoms with Crippen molar-refractivity contribution in [3.63, 3.8) is 0 Å². The van der Waals surface area contributed by atoms with Gasteiger partial charge in [0, 0.05) is 17.5 Å². The van der Waals surface area contributed by atoms with Crippen molar-refractivity contribution in [1.29, 1.82) is 0 Å². The van der Waals surface area contributed by atoms with Gasteiger partial charge in [-0.3, -0.25) is 4.79 Å². The minimum absolute atomic E-state index is 0.129. The Labute approximate surface area is 76.3 Å². The summed E-state index contributed by atoms with van der Waals surface area (Å²) in [6.45, 7) is 1.61. The smallest absolute Gasteiger partial charge is 0.203 e. The molecule has 1 rings (SSSR count). The van der Waals surface area contributed by atoms with E-state index in [1.165, 1.54) is 19.2 Å². The number of rotatable bonds is 3. The largest absolute Gasteiger partial charge is 0.496 e. The lowest BCUT2D eigenvalue weighted by atomic mass is 10.1. The number of halogens is 1. The van der Waals surface area contributed by atoms with Gasteiger partial charge in [0.2, 0.25) is 6.29 Å². The molecule has 1 radical (unpaired) electrons. The molecule has 0 N–H and O–H groups in total. The Hall–Kier alpha value is -1.38. The van der Waals surface area contributed by atoms with E-state index in [0.29, 0.717) is 16.9 Å². The van der Waals surface area contributed by atoms with E-state index < -0.39 is 0 Å². The Morgan fingerprint density at radius 2 is 2.23 bits per heavy atom. The summed E-state index contributed by atoms with van der Waals surface area (Å²) < 4.78 is 18.0. The third kappa shape index (κ3) is 1.86. The van der Waals surface area contributed by atoms with E-state index in [-0.39, 0.29) is 12.2 Å². The Morgan fingerprint density at radius 3 is 2.77 bits per heavy atom. The molecule has 69 valence electrons. The van der Waals surface area contributed by atoms with Gasteiger partial charge in [-0.1, -0.05) is 6.07 Å². The maximum Gasteiger partial charge on any atom is 0.203 e. The maximum atomic E-state index is 13.0. The van der Waals surface area contributed by atoms with Crippen molar-refractivity contribution in [3.8, 4) is 5.75 Å². The molecule has 1 aromatic rings. The van der Waals surface area contributed by atoms with E-state index in [4.69, 9.17) is 4.74 Å². The second-order valence-corrected chi connectivity index (χ2v) is 2.69. The molecule has 0 aliphatic carbocycles. The zero-order valence-corrected chi connectivity index (χ0v) is 7.56. The number of methoxy groups -OCH3 is 1. The number of hydrogen-bond acceptors (Lipinski definition) is 2. The topological polar surface area (TPSA) is 26.3 Å². The Bertz CT molecular complexity index is 321. The van der Waals surface area contributed by atoms with Gasteiger partial charge in [0.25, 0.3) is 0 Å². The van der Waals surface area contributed by atoms with Crippen LogP contribution in [0.2, 0.25) is 0 Å². The molecular formula is C10H10FO2. The number of benzene rings is 1. The molecule has 0 aliphatic rings. The van der Waals surface area contributed by atoms with Crippen LogP contribution in [-0.2, 0) is 11.2 Å². The van der Waals surface area contributed by atoms with Crippen LogP contribution in [0.25, 0.3) is 0 Å². The molecule has 0 unspecified atom stereocenters. The molecule has 0 atom stereocenters. The van der Waals surface area contributed by atoms with Crippen LogP contribution >= 0.6 is 0 Å². The molecule has 0 heterocycles. The molecule has 2 nitrogen and oxygen atoms in total. The van der Waals surface area contributed by atoms with E-state index >= 15 is 0 Å². The number of carbonyl (C=O) groups excluding carboxylic acids is 1. The number of hydrogen-bond donors (Lipinski definition) is 0. The van der Waals surface area contributed by atoms with Crippen LogP contribution in [0.3, 0.4) is 0 Å². The fourth-order valence-electron chi connectivity index (χ4n) is 1.22. The van der Waals surface area contributed by atoms with Crippen LogP contribution < -0.4 is 4.74 Å². The van der Waals surface area contributed by atoms with Crippen LogP contribution in [-0.4, -0.2) is 13.4 Å². The summed E-state index contributed by atoms with van der Waals surface area (Å²) in [6.07, 6.45) is 1.88. The summed E-state index contributed by atoms with van der Waals surface area (Å²) in [7, 11) is 1.45. The maximum absolute atomic E-state index is 13.0. The minimum Gasteiger partial charge on any atom is -0.496 e. The van der Waals surface area contributed by atoms with Gasteiger partial charge in [-0.25, -0.2) is 4.39 Å². The molecule has 0 bridgehead atoms. The van der Waals surface area contributed by atoms with Gasteiger partial charge in [-0.15, -0.1) is 0 Å². The fraction of sp³-hybridized carbons (Fsp3) is 0.300. The monoisotopic (exact) mass is 181 g/mol. The molecule has 0 spiro atoms. The average Bonchev–Trinajstić information content (AvgIpc) is 2.12. The summed E-state index contributed by atoms with van der Waals surface area (Å²) >= 11 is 0. The standard InChI is InChI=1S/C10H10FO2/c1-7-9(11)4-3-8(5-6-12)10(7)13-2/h3-4H,5H2,1-2H3. The van der Waals surface area contributed by atoms with E-state index in [2.05, 4.69) is 0 Å². The lowest BCUT2D eigenvalue weighted by molar-refractivity contribution is 0.403. The lowest BCUT2D eigenvalue weighted by Crippen LogP contribution is -1.97. The van der Waals surface area contributed by atoms with Gasteiger partial charge in [-0.2, -0.15) is 0 Å². The molecule has 0 fully saturated rings. The van der Waals surface area contributed by atoms with Crippen molar-refractivity contribution < 1.29 is 13.9 Å². The van der Waals surface area contributed by atoms with Crippen molar-refractivity contribution in [2.75, 3.05) is 7.11 Å². The zero-order valence-electron chi connectivity index (χ0n) is 7.56. The first-order valence-corrected chi connectivity index (χ1v) is 3.87. The first-order chi connectivity index (χ1) is 6.20. The van der Waals surface area contributed by atoms with Gasteiger partial charge in [0.1, 0.15) is 11.6 Å². The van der Waals surface area contributed by atoms with Gasteiger partial charge in [0.05, 0.1) is 7.11 Å². The molecule has 13 heavy (non-hydrogen) atoms. The number of ether oxygens (including phenoxy) is 1. The molecule has 0 amide bonds. The van der Waals surface area contributed by atoms with Crippen molar-refractivity contribution >= 4 is 6.29 Å². The average molecular weight is 181 g/mol. The first-order valence-electron chi connectivity index (χ1n) is 3.87. The second kappa shape index (κ2) is 4.03. The first kappa shape index (κ1) is 9.71. The highest BCUT2D eigenvalue weighted by Crippen LogP contribution is 2.25. The highest BCUT2D eigenvalue weighted by atomic mass is 19.1. The van der Waals surface area contributed by atoms with Crippen LogP contribution in [0, 0.1) is 12.7 Å². The molecular weight excluding hydrogens is 171 g/mol. The molecule has 0 aliphatic heterocycles. The summed E-state index contributed by atoms with van der Waals surface area (Å²) in [4.78, 5) is 10.2. The Kier molecular flexibility index (Phi) is 3.01. The Morgan fingerprint density at radius 1 is 1.54 bits per heavy atom. The molecule has 0 aromatic heterocycles. The van der Waals surface area contributed by atoms with E-state index in [1.54, 1.807) is 13.2 Å². The summed E-state index contributed by atoms with van der Waals surface area (Å²) in [5.74, 6) is 0.106. The van der Waals surface area contributed by atoms with E-state index in [1.807, 2.05) is 0 Å². The van der Waals surface area contributed by atoms with Crippen LogP contribution in [0.15, 0.2) is 12.1 Å². The predicted molar refractivity (Wildman–Crippen MR) is 47.1 cm³/mol. The van der Waals surface area contributed by atoms with Crippen molar-refractivity contribution in [1.82, 2.24) is 0 Å². The van der Waals surface area contributed by atoms with E-state index in [9.17, 15) is 9.18 Å². The van der Waals surface area contributed by atoms with Crippen LogP contribution in [0.5, 0.6) is 5.75 Å². The quantitative estimate of drug-likeness (QED) is 0.710. The van der Waals surface area contributed by atoms with Gasteiger partial charge < -0.3 is 4.74 Å². The molecule has 3 heteroatoms. The van der Waals surface area contributed by atoms with Gasteiger partial charge >= 0.3 is 0 Å². The van der Waals surface area contributed by atoms with Crippen molar-refractivity contribution in [2.45, 2.75) is 13.3 Å². The summed E-state index contributed by atoms with van der Waals surface area (Å²) in [5.41, 5.74) is 1.09. The minimum atomic E-state index is -0.327. The third-order valence-corrected chi connectivity index (χ3v) is 1.89.